The van der Waals surface area contributed by atoms with Crippen LogP contribution >= 0.6 is 11.6 Å². The third kappa shape index (κ3) is 6.33. The van der Waals surface area contributed by atoms with Gasteiger partial charge in [-0.15, -0.1) is 0 Å². The highest BCUT2D eigenvalue weighted by Crippen LogP contribution is 2.36. The molecule has 9 heteroatoms. The van der Waals surface area contributed by atoms with Crippen LogP contribution in [0.3, 0.4) is 0 Å². The molecule has 3 rings (SSSR count). The fourth-order valence-corrected chi connectivity index (χ4v) is 5.96. The van der Waals surface area contributed by atoms with E-state index in [2.05, 4.69) is 18.6 Å². The van der Waals surface area contributed by atoms with Gasteiger partial charge in [0.1, 0.15) is 4.90 Å². The first-order valence-electron chi connectivity index (χ1n) is 10.7. The molecular formula is C24H28ClNO5S2. The predicted octanol–water partition coefficient (Wildman–Crippen LogP) is 5.50. The van der Waals surface area contributed by atoms with Gasteiger partial charge in [0.15, 0.2) is 0 Å². The van der Waals surface area contributed by atoms with Gasteiger partial charge in [-0.2, -0.15) is 8.42 Å². The summed E-state index contributed by atoms with van der Waals surface area (Å²) in [5.41, 5.74) is 3.11. The van der Waals surface area contributed by atoms with Crippen molar-refractivity contribution in [3.8, 4) is 11.1 Å². The van der Waals surface area contributed by atoms with Gasteiger partial charge in [0.25, 0.3) is 10.1 Å². The lowest BCUT2D eigenvalue weighted by molar-refractivity contribution is 0.483. The quantitative estimate of drug-likeness (QED) is 0.371. The van der Waals surface area contributed by atoms with Crippen LogP contribution in [-0.4, -0.2) is 27.4 Å². The number of hydrogen-bond donors (Lipinski definition) is 2. The summed E-state index contributed by atoms with van der Waals surface area (Å²) in [4.78, 5) is 0.0434. The highest BCUT2D eigenvalue weighted by Gasteiger charge is 2.23. The average Bonchev–Trinajstić information content (AvgIpc) is 2.91. The van der Waals surface area contributed by atoms with Gasteiger partial charge in [-0.1, -0.05) is 49.7 Å². The van der Waals surface area contributed by atoms with Crippen LogP contribution in [0.4, 0.5) is 0 Å². The molecule has 2 aliphatic carbocycles. The van der Waals surface area contributed by atoms with Crippen LogP contribution < -0.4 is 4.72 Å². The van der Waals surface area contributed by atoms with Gasteiger partial charge >= 0.3 is 0 Å². The molecule has 0 fully saturated rings. The van der Waals surface area contributed by atoms with Crippen molar-refractivity contribution in [3.63, 3.8) is 0 Å². The monoisotopic (exact) mass is 509 g/mol. The molecule has 1 unspecified atom stereocenters. The summed E-state index contributed by atoms with van der Waals surface area (Å²) < 4.78 is 61.4. The van der Waals surface area contributed by atoms with Crippen molar-refractivity contribution < 1.29 is 21.4 Å². The molecule has 0 spiro atoms. The van der Waals surface area contributed by atoms with E-state index < -0.39 is 20.1 Å². The summed E-state index contributed by atoms with van der Waals surface area (Å²) >= 11 is 5.83. The van der Waals surface area contributed by atoms with Crippen molar-refractivity contribution in [2.75, 3.05) is 0 Å². The highest BCUT2D eigenvalue weighted by atomic mass is 35.5. The lowest BCUT2D eigenvalue weighted by Gasteiger charge is -2.14. The van der Waals surface area contributed by atoms with Crippen LogP contribution in [-0.2, 0) is 26.6 Å². The molecular weight excluding hydrogens is 482 g/mol. The Morgan fingerprint density at radius 1 is 0.909 bits per heavy atom. The summed E-state index contributed by atoms with van der Waals surface area (Å²) in [6, 6.07) is 14.6. The first kappa shape index (κ1) is 25.6. The second kappa shape index (κ2) is 10.1. The van der Waals surface area contributed by atoms with E-state index in [9.17, 15) is 21.4 Å². The first-order chi connectivity index (χ1) is 15.4. The number of fused-ring (bicyclic) bond motifs is 1. The Balaban J connectivity index is 1.75. The van der Waals surface area contributed by atoms with E-state index in [1.807, 2.05) is 18.2 Å². The third-order valence-electron chi connectivity index (χ3n) is 5.60. The predicted molar refractivity (Wildman–Crippen MR) is 131 cm³/mol. The Labute approximate surface area is 201 Å². The Kier molecular flexibility index (Phi) is 7.86. The van der Waals surface area contributed by atoms with E-state index in [0.29, 0.717) is 29.8 Å². The second-order valence-corrected chi connectivity index (χ2v) is 12.1. The Hall–Kier alpha value is -1.97. The molecule has 1 atom stereocenters. The van der Waals surface area contributed by atoms with Crippen molar-refractivity contribution >= 4 is 31.7 Å². The summed E-state index contributed by atoms with van der Waals surface area (Å²) in [5.74, 6) is 0.272. The van der Waals surface area contributed by atoms with E-state index in [1.165, 1.54) is 30.3 Å². The Morgan fingerprint density at radius 3 is 2.09 bits per heavy atom. The summed E-state index contributed by atoms with van der Waals surface area (Å²) in [6.07, 6.45) is 1.72. The van der Waals surface area contributed by atoms with Crippen LogP contribution in [0.1, 0.15) is 50.7 Å². The van der Waals surface area contributed by atoms with Gasteiger partial charge in [-0.25, -0.2) is 13.1 Å². The second-order valence-electron chi connectivity index (χ2n) is 8.53. The number of nitrogens with one attached hydrogen (secondary N) is 1. The molecule has 0 aliphatic heterocycles. The summed E-state index contributed by atoms with van der Waals surface area (Å²) in [6.45, 7) is 5.89. The number of halogens is 1. The average molecular weight is 510 g/mol. The minimum absolute atomic E-state index is 0.102. The molecule has 0 radical (unpaired) electrons. The van der Waals surface area contributed by atoms with E-state index >= 15 is 0 Å². The number of sulfonamides is 1. The zero-order valence-electron chi connectivity index (χ0n) is 18.7. The Bertz CT molecular complexity index is 1300. The van der Waals surface area contributed by atoms with Crippen LogP contribution in [0.25, 0.3) is 11.1 Å². The summed E-state index contributed by atoms with van der Waals surface area (Å²) in [7, 11) is -8.04. The lowest BCUT2D eigenvalue weighted by atomic mass is 10.0. The van der Waals surface area contributed by atoms with Crippen molar-refractivity contribution in [2.24, 2.45) is 0 Å². The van der Waals surface area contributed by atoms with E-state index in [-0.39, 0.29) is 21.8 Å². The molecule has 1 aromatic rings. The minimum atomic E-state index is -4.37. The molecule has 0 amide bonds. The maximum absolute atomic E-state index is 12.5. The molecule has 2 N–H and O–H groups in total. The Morgan fingerprint density at radius 2 is 1.52 bits per heavy atom. The molecule has 0 bridgehead atoms. The van der Waals surface area contributed by atoms with E-state index in [1.54, 1.807) is 13.0 Å². The smallest absolute Gasteiger partial charge is 0.282 e. The molecule has 6 nitrogen and oxygen atoms in total. The van der Waals surface area contributed by atoms with Crippen molar-refractivity contribution in [3.05, 3.63) is 70.7 Å². The van der Waals surface area contributed by atoms with E-state index in [0.717, 1.165) is 16.7 Å². The van der Waals surface area contributed by atoms with Crippen LogP contribution in [0.15, 0.2) is 64.4 Å². The summed E-state index contributed by atoms with van der Waals surface area (Å²) in [5, 5.41) is 0.460. The van der Waals surface area contributed by atoms with Gasteiger partial charge in [-0.05, 0) is 79.1 Å². The van der Waals surface area contributed by atoms with E-state index in [4.69, 9.17) is 11.6 Å². The molecule has 2 aliphatic rings. The first-order valence-corrected chi connectivity index (χ1v) is 14.0. The fraction of sp³-hybridized carbons (Fsp3) is 0.333. The van der Waals surface area contributed by atoms with Gasteiger partial charge < -0.3 is 0 Å². The molecule has 0 saturated carbocycles. The maximum Gasteiger partial charge on any atom is 0.295 e. The van der Waals surface area contributed by atoms with Gasteiger partial charge in [-0.3, -0.25) is 4.55 Å². The molecule has 0 saturated heterocycles. The van der Waals surface area contributed by atoms with Crippen LogP contribution in [0.5, 0.6) is 0 Å². The third-order valence-corrected chi connectivity index (χ3v) is 8.35. The molecule has 178 valence electrons. The van der Waals surface area contributed by atoms with Crippen molar-refractivity contribution in [1.29, 1.82) is 0 Å². The van der Waals surface area contributed by atoms with Crippen molar-refractivity contribution in [2.45, 2.75) is 61.8 Å². The molecule has 1 aromatic carbocycles. The topological polar surface area (TPSA) is 101 Å². The maximum atomic E-state index is 12.5. The van der Waals surface area contributed by atoms with Crippen molar-refractivity contribution in [1.82, 2.24) is 4.72 Å². The highest BCUT2D eigenvalue weighted by molar-refractivity contribution is 7.89. The van der Waals surface area contributed by atoms with Gasteiger partial charge in [0.2, 0.25) is 10.0 Å². The lowest BCUT2D eigenvalue weighted by Crippen LogP contribution is -2.32. The zero-order chi connectivity index (χ0) is 24.4. The normalized spacial score (nSPS) is 13.5. The number of aryl methyl sites for hydroxylation is 1. The largest absolute Gasteiger partial charge is 0.295 e. The fourth-order valence-electron chi connectivity index (χ4n) is 3.81. The minimum Gasteiger partial charge on any atom is -0.282 e. The molecule has 0 aromatic heterocycles. The number of benzene rings is 1. The number of rotatable bonds is 9. The SMILES string of the molecule is CC(CCCc1cc(S(=O)(=O)O)c2ccc(C(C)C)ccc1-2)NS(=O)(=O)c1ccc(Cl)cc1. The van der Waals surface area contributed by atoms with Crippen LogP contribution in [0, 0.1) is 0 Å². The zero-order valence-corrected chi connectivity index (χ0v) is 21.1. The standard InChI is InChI=1S/C24H28ClNO5S2/c1-16(2)18-7-13-22-19(15-24(33(29,30)31)23(22)14-8-18)6-4-5-17(3)26-32(27,28)21-11-9-20(25)10-12-21/h7-17,26H,4-6H2,1-3H3,(H,29,30,31). The van der Waals surface area contributed by atoms with Gasteiger partial charge in [0.05, 0.1) is 4.90 Å². The number of hydrogen-bond acceptors (Lipinski definition) is 4. The van der Waals surface area contributed by atoms with Crippen LogP contribution in [0.2, 0.25) is 5.02 Å². The van der Waals surface area contributed by atoms with Gasteiger partial charge in [0, 0.05) is 16.6 Å². The molecule has 33 heavy (non-hydrogen) atoms. The molecule has 0 heterocycles.